The second-order valence-corrected chi connectivity index (χ2v) is 8.96. The molecule has 2 aliphatic heterocycles. The van der Waals surface area contributed by atoms with Gasteiger partial charge in [-0.15, -0.1) is 0 Å². The summed E-state index contributed by atoms with van der Waals surface area (Å²) in [7, 11) is -2.90. The second-order valence-electron chi connectivity index (χ2n) is 6.33. The van der Waals surface area contributed by atoms with E-state index >= 15 is 0 Å². The van der Waals surface area contributed by atoms with Crippen LogP contribution in [0.2, 0.25) is 5.02 Å². The summed E-state index contributed by atoms with van der Waals surface area (Å²) in [5.74, 6) is 0.450. The van der Waals surface area contributed by atoms with Gasteiger partial charge in [0.2, 0.25) is 0 Å². The van der Waals surface area contributed by atoms with Crippen LogP contribution in [0, 0.1) is 5.92 Å². The maximum absolute atomic E-state index is 12.5. The third-order valence-corrected chi connectivity index (χ3v) is 6.83. The highest BCUT2D eigenvalue weighted by atomic mass is 35.5. The summed E-state index contributed by atoms with van der Waals surface area (Å²) in [5.41, 5.74) is 0.977. The number of nitrogens with one attached hydrogen (secondary N) is 1. The summed E-state index contributed by atoms with van der Waals surface area (Å²) in [5, 5.41) is 3.58. The maximum atomic E-state index is 12.5. The highest BCUT2D eigenvalue weighted by molar-refractivity contribution is 7.91. The van der Waals surface area contributed by atoms with Crippen molar-refractivity contribution in [3.05, 3.63) is 34.9 Å². The fourth-order valence-corrected chi connectivity index (χ4v) is 5.57. The summed E-state index contributed by atoms with van der Waals surface area (Å²) >= 11 is 6.26. The zero-order chi connectivity index (χ0) is 16.4. The lowest BCUT2D eigenvalue weighted by atomic mass is 10.0. The monoisotopic (exact) mass is 356 g/mol. The number of benzene rings is 1. The van der Waals surface area contributed by atoms with Crippen molar-refractivity contribution in [2.24, 2.45) is 5.92 Å². The van der Waals surface area contributed by atoms with Gasteiger partial charge in [0.05, 0.1) is 17.5 Å². The molecule has 2 heterocycles. The number of urea groups is 1. The van der Waals surface area contributed by atoms with Gasteiger partial charge in [-0.05, 0) is 36.8 Å². The summed E-state index contributed by atoms with van der Waals surface area (Å²) in [6.07, 6.45) is 2.48. The van der Waals surface area contributed by atoms with Gasteiger partial charge in [-0.25, -0.2) is 13.2 Å². The first kappa shape index (κ1) is 16.6. The molecule has 0 bridgehead atoms. The summed E-state index contributed by atoms with van der Waals surface area (Å²) in [6, 6.07) is 7.48. The van der Waals surface area contributed by atoms with Crippen LogP contribution in [0.1, 0.15) is 30.9 Å². The number of hydrogen-bond donors (Lipinski definition) is 1. The van der Waals surface area contributed by atoms with Gasteiger partial charge >= 0.3 is 6.03 Å². The Balaban J connectivity index is 1.61. The predicted octanol–water partition coefficient (Wildman–Crippen LogP) is 2.62. The van der Waals surface area contributed by atoms with Crippen molar-refractivity contribution in [3.8, 4) is 0 Å². The Morgan fingerprint density at radius 3 is 2.78 bits per heavy atom. The van der Waals surface area contributed by atoms with Crippen molar-refractivity contribution in [1.82, 2.24) is 10.2 Å². The SMILES string of the molecule is O=C(NCC1CCS(=O)(=O)C1)N1CCCC1c1ccccc1Cl. The lowest BCUT2D eigenvalue weighted by Crippen LogP contribution is -2.41. The van der Waals surface area contributed by atoms with Crippen molar-refractivity contribution in [2.75, 3.05) is 24.6 Å². The van der Waals surface area contributed by atoms with Crippen LogP contribution >= 0.6 is 11.6 Å². The Morgan fingerprint density at radius 1 is 1.30 bits per heavy atom. The fraction of sp³-hybridized carbons (Fsp3) is 0.562. The summed E-state index contributed by atoms with van der Waals surface area (Å²) in [4.78, 5) is 14.3. The van der Waals surface area contributed by atoms with Gasteiger partial charge in [0.15, 0.2) is 9.84 Å². The first-order chi connectivity index (χ1) is 11.0. The minimum Gasteiger partial charge on any atom is -0.338 e. The normalized spacial score (nSPS) is 26.4. The Kier molecular flexibility index (Phi) is 4.82. The molecule has 2 unspecified atom stereocenters. The minimum atomic E-state index is -2.90. The molecule has 5 nitrogen and oxygen atoms in total. The molecule has 0 radical (unpaired) electrons. The quantitative estimate of drug-likeness (QED) is 0.905. The van der Waals surface area contributed by atoms with Crippen LogP contribution in [0.15, 0.2) is 24.3 Å². The number of rotatable bonds is 3. The van der Waals surface area contributed by atoms with E-state index in [1.807, 2.05) is 29.2 Å². The molecule has 2 aliphatic rings. The van der Waals surface area contributed by atoms with Crippen LogP contribution in [0.25, 0.3) is 0 Å². The van der Waals surface area contributed by atoms with E-state index < -0.39 is 9.84 Å². The minimum absolute atomic E-state index is 0.00369. The molecule has 126 valence electrons. The molecular formula is C16H21ClN2O3S. The highest BCUT2D eigenvalue weighted by Gasteiger charge is 2.32. The molecule has 0 spiro atoms. The average Bonchev–Trinajstić information content (AvgIpc) is 3.12. The van der Waals surface area contributed by atoms with Crippen molar-refractivity contribution < 1.29 is 13.2 Å². The maximum Gasteiger partial charge on any atom is 0.317 e. The molecule has 7 heteroatoms. The van der Waals surface area contributed by atoms with E-state index in [4.69, 9.17) is 11.6 Å². The number of nitrogens with zero attached hydrogens (tertiary/aromatic N) is 1. The largest absolute Gasteiger partial charge is 0.338 e. The van der Waals surface area contributed by atoms with Gasteiger partial charge in [0.25, 0.3) is 0 Å². The van der Waals surface area contributed by atoms with Gasteiger partial charge in [0.1, 0.15) is 0 Å². The number of amides is 2. The number of likely N-dealkylation sites (tertiary alicyclic amines) is 1. The Morgan fingerprint density at radius 2 is 2.09 bits per heavy atom. The topological polar surface area (TPSA) is 66.5 Å². The molecule has 2 atom stereocenters. The molecule has 1 aromatic carbocycles. The lowest BCUT2D eigenvalue weighted by molar-refractivity contribution is 0.191. The summed E-state index contributed by atoms with van der Waals surface area (Å²) in [6.45, 7) is 1.12. The van der Waals surface area contributed by atoms with Gasteiger partial charge in [-0.3, -0.25) is 0 Å². The molecule has 2 saturated heterocycles. The molecule has 2 fully saturated rings. The average molecular weight is 357 g/mol. The molecular weight excluding hydrogens is 336 g/mol. The predicted molar refractivity (Wildman–Crippen MR) is 90.3 cm³/mol. The molecule has 0 aromatic heterocycles. The van der Waals surface area contributed by atoms with E-state index in [0.717, 1.165) is 18.4 Å². The standard InChI is InChI=1S/C16H21ClN2O3S/c17-14-5-2-1-4-13(14)15-6-3-8-19(15)16(20)18-10-12-7-9-23(21,22)11-12/h1-2,4-5,12,15H,3,6-11H2,(H,18,20). The zero-order valence-corrected chi connectivity index (χ0v) is 14.4. The van der Waals surface area contributed by atoms with E-state index in [1.54, 1.807) is 0 Å². The van der Waals surface area contributed by atoms with Gasteiger partial charge in [-0.1, -0.05) is 29.8 Å². The number of hydrogen-bond acceptors (Lipinski definition) is 3. The van der Waals surface area contributed by atoms with E-state index in [9.17, 15) is 13.2 Å². The second kappa shape index (κ2) is 6.69. The fourth-order valence-electron chi connectivity index (χ4n) is 3.44. The Bertz CT molecular complexity index is 692. The van der Waals surface area contributed by atoms with Crippen LogP contribution in [-0.4, -0.2) is 43.9 Å². The third kappa shape index (κ3) is 3.80. The first-order valence-corrected chi connectivity index (χ1v) is 10.2. The van der Waals surface area contributed by atoms with Gasteiger partial charge in [-0.2, -0.15) is 0 Å². The molecule has 0 saturated carbocycles. The van der Waals surface area contributed by atoms with Crippen LogP contribution in [-0.2, 0) is 9.84 Å². The van der Waals surface area contributed by atoms with Crippen LogP contribution in [0.3, 0.4) is 0 Å². The number of halogens is 1. The molecule has 1 N–H and O–H groups in total. The van der Waals surface area contributed by atoms with Crippen molar-refractivity contribution in [1.29, 1.82) is 0 Å². The number of sulfone groups is 1. The zero-order valence-electron chi connectivity index (χ0n) is 12.9. The Labute approximate surface area is 141 Å². The molecule has 2 amide bonds. The van der Waals surface area contributed by atoms with Crippen molar-refractivity contribution in [3.63, 3.8) is 0 Å². The van der Waals surface area contributed by atoms with Gasteiger partial charge in [0, 0.05) is 18.1 Å². The van der Waals surface area contributed by atoms with E-state index in [2.05, 4.69) is 5.32 Å². The highest BCUT2D eigenvalue weighted by Crippen LogP contribution is 2.35. The summed E-state index contributed by atoms with van der Waals surface area (Å²) < 4.78 is 23.0. The molecule has 0 aliphatic carbocycles. The van der Waals surface area contributed by atoms with Crippen molar-refractivity contribution in [2.45, 2.75) is 25.3 Å². The Hall–Kier alpha value is -1.27. The smallest absolute Gasteiger partial charge is 0.317 e. The van der Waals surface area contributed by atoms with E-state index in [-0.39, 0.29) is 29.5 Å². The first-order valence-electron chi connectivity index (χ1n) is 7.95. The lowest BCUT2D eigenvalue weighted by Gasteiger charge is -2.26. The van der Waals surface area contributed by atoms with Crippen molar-refractivity contribution >= 4 is 27.5 Å². The van der Waals surface area contributed by atoms with Crippen LogP contribution < -0.4 is 5.32 Å². The third-order valence-electron chi connectivity index (χ3n) is 4.65. The number of carbonyl (C=O) groups excluding carboxylic acids is 1. The van der Waals surface area contributed by atoms with E-state index in [1.165, 1.54) is 0 Å². The van der Waals surface area contributed by atoms with Crippen LogP contribution in [0.5, 0.6) is 0 Å². The molecule has 3 rings (SSSR count). The molecule has 1 aromatic rings. The molecule has 23 heavy (non-hydrogen) atoms. The number of carbonyl (C=O) groups is 1. The van der Waals surface area contributed by atoms with Gasteiger partial charge < -0.3 is 10.2 Å². The van der Waals surface area contributed by atoms with E-state index in [0.29, 0.717) is 24.5 Å². The van der Waals surface area contributed by atoms with Crippen LogP contribution in [0.4, 0.5) is 4.79 Å².